The molecule has 1 fully saturated rings. The molecule has 0 N–H and O–H groups in total. The normalized spacial score (nSPS) is 15.9. The Morgan fingerprint density at radius 2 is 2.00 bits per heavy atom. The van der Waals surface area contributed by atoms with Gasteiger partial charge in [0.1, 0.15) is 0 Å². The Balaban J connectivity index is 1.84. The molecule has 106 valence electrons. The van der Waals surface area contributed by atoms with Gasteiger partial charge in [-0.05, 0) is 37.5 Å². The van der Waals surface area contributed by atoms with E-state index >= 15 is 0 Å². The first-order chi connectivity index (χ1) is 9.72. The average molecular weight is 272 g/mol. The summed E-state index contributed by atoms with van der Waals surface area (Å²) in [5.74, 6) is 0.157. The number of nitrogens with zero attached hydrogens (tertiary/aromatic N) is 2. The van der Waals surface area contributed by atoms with Gasteiger partial charge in [0.15, 0.2) is 0 Å². The third-order valence-electron chi connectivity index (χ3n) is 3.64. The number of rotatable bonds is 4. The topological polar surface area (TPSA) is 53.3 Å². The van der Waals surface area contributed by atoms with Gasteiger partial charge >= 0.3 is 0 Å². The molecule has 1 aromatic carbocycles. The van der Waals surface area contributed by atoms with Crippen LogP contribution in [0.2, 0.25) is 0 Å². The van der Waals surface area contributed by atoms with Crippen LogP contribution in [0.3, 0.4) is 0 Å². The summed E-state index contributed by atoms with van der Waals surface area (Å²) in [6, 6.07) is 9.29. The lowest BCUT2D eigenvalue weighted by Gasteiger charge is -2.31. The SMILES string of the molecule is CCOC1CCN(C(=O)Cc2ccc(C#N)cc2)CC1. The lowest BCUT2D eigenvalue weighted by atomic mass is 10.1. The van der Waals surface area contributed by atoms with Gasteiger partial charge < -0.3 is 9.64 Å². The second-order valence-corrected chi connectivity index (χ2v) is 5.02. The lowest BCUT2D eigenvalue weighted by Crippen LogP contribution is -2.41. The van der Waals surface area contributed by atoms with Crippen LogP contribution in [0.25, 0.3) is 0 Å². The molecule has 0 radical (unpaired) electrons. The molecule has 0 aromatic heterocycles. The van der Waals surface area contributed by atoms with Crippen LogP contribution in [-0.2, 0) is 16.0 Å². The van der Waals surface area contributed by atoms with E-state index in [1.165, 1.54) is 0 Å². The van der Waals surface area contributed by atoms with Crippen LogP contribution >= 0.6 is 0 Å². The highest BCUT2D eigenvalue weighted by Gasteiger charge is 2.22. The zero-order chi connectivity index (χ0) is 14.4. The van der Waals surface area contributed by atoms with Crippen molar-refractivity contribution in [2.24, 2.45) is 0 Å². The van der Waals surface area contributed by atoms with Crippen LogP contribution in [0, 0.1) is 11.3 Å². The van der Waals surface area contributed by atoms with E-state index in [0.717, 1.165) is 38.1 Å². The van der Waals surface area contributed by atoms with E-state index < -0.39 is 0 Å². The first-order valence-electron chi connectivity index (χ1n) is 7.11. The monoisotopic (exact) mass is 272 g/mol. The molecule has 4 nitrogen and oxygen atoms in total. The quantitative estimate of drug-likeness (QED) is 0.843. The van der Waals surface area contributed by atoms with Crippen molar-refractivity contribution in [1.29, 1.82) is 5.26 Å². The van der Waals surface area contributed by atoms with Gasteiger partial charge in [-0.3, -0.25) is 4.79 Å². The maximum absolute atomic E-state index is 12.2. The number of hydrogen-bond acceptors (Lipinski definition) is 3. The summed E-state index contributed by atoms with van der Waals surface area (Å²) in [7, 11) is 0. The summed E-state index contributed by atoms with van der Waals surface area (Å²) < 4.78 is 5.59. The van der Waals surface area contributed by atoms with Crippen molar-refractivity contribution >= 4 is 5.91 Å². The van der Waals surface area contributed by atoms with E-state index in [9.17, 15) is 4.79 Å². The summed E-state index contributed by atoms with van der Waals surface area (Å²) in [6.45, 7) is 4.30. The van der Waals surface area contributed by atoms with E-state index in [4.69, 9.17) is 10.00 Å². The molecular weight excluding hydrogens is 252 g/mol. The van der Waals surface area contributed by atoms with E-state index in [2.05, 4.69) is 6.07 Å². The van der Waals surface area contributed by atoms with Crippen molar-refractivity contribution in [3.63, 3.8) is 0 Å². The molecule has 0 atom stereocenters. The highest BCUT2D eigenvalue weighted by atomic mass is 16.5. The number of hydrogen-bond donors (Lipinski definition) is 0. The number of amides is 1. The van der Waals surface area contributed by atoms with E-state index in [0.29, 0.717) is 18.1 Å². The second kappa shape index (κ2) is 7.06. The molecule has 0 bridgehead atoms. The van der Waals surface area contributed by atoms with Gasteiger partial charge in [0.2, 0.25) is 5.91 Å². The molecule has 1 aromatic rings. The molecule has 0 saturated carbocycles. The standard InChI is InChI=1S/C16H20N2O2/c1-2-20-15-7-9-18(10-8-15)16(19)11-13-3-5-14(12-17)6-4-13/h3-6,15H,2,7-11H2,1H3. The van der Waals surface area contributed by atoms with Crippen molar-refractivity contribution in [2.45, 2.75) is 32.3 Å². The molecule has 4 heteroatoms. The van der Waals surface area contributed by atoms with Crippen molar-refractivity contribution in [1.82, 2.24) is 4.90 Å². The number of likely N-dealkylation sites (tertiary alicyclic amines) is 1. The summed E-state index contributed by atoms with van der Waals surface area (Å²) in [5.41, 5.74) is 1.58. The molecule has 0 spiro atoms. The first kappa shape index (κ1) is 14.5. The Kier molecular flexibility index (Phi) is 5.14. The first-order valence-corrected chi connectivity index (χ1v) is 7.11. The Bertz CT molecular complexity index is 482. The maximum Gasteiger partial charge on any atom is 0.226 e. The third kappa shape index (κ3) is 3.82. The average Bonchev–Trinajstić information content (AvgIpc) is 2.49. The maximum atomic E-state index is 12.2. The Morgan fingerprint density at radius 1 is 1.35 bits per heavy atom. The fourth-order valence-electron chi connectivity index (χ4n) is 2.49. The minimum absolute atomic E-state index is 0.157. The number of nitriles is 1. The number of ether oxygens (including phenoxy) is 1. The minimum Gasteiger partial charge on any atom is -0.378 e. The number of piperidine rings is 1. The number of carbonyl (C=O) groups is 1. The summed E-state index contributed by atoms with van der Waals surface area (Å²) in [6.07, 6.45) is 2.56. The summed E-state index contributed by atoms with van der Waals surface area (Å²) in [4.78, 5) is 14.1. The van der Waals surface area contributed by atoms with E-state index in [-0.39, 0.29) is 5.91 Å². The zero-order valence-electron chi connectivity index (χ0n) is 11.8. The summed E-state index contributed by atoms with van der Waals surface area (Å²) in [5, 5.41) is 8.75. The molecule has 2 rings (SSSR count). The van der Waals surface area contributed by atoms with Gasteiger partial charge in [-0.25, -0.2) is 0 Å². The van der Waals surface area contributed by atoms with Crippen LogP contribution < -0.4 is 0 Å². The molecule has 1 amide bonds. The predicted octanol–water partition coefficient (Wildman–Crippen LogP) is 2.13. The second-order valence-electron chi connectivity index (χ2n) is 5.02. The fraction of sp³-hybridized carbons (Fsp3) is 0.500. The predicted molar refractivity (Wildman–Crippen MR) is 76.1 cm³/mol. The number of benzene rings is 1. The highest BCUT2D eigenvalue weighted by Crippen LogP contribution is 2.15. The van der Waals surface area contributed by atoms with E-state index in [1.54, 1.807) is 12.1 Å². The van der Waals surface area contributed by atoms with Gasteiger partial charge in [0.25, 0.3) is 0 Å². The zero-order valence-corrected chi connectivity index (χ0v) is 11.8. The van der Waals surface area contributed by atoms with Crippen molar-refractivity contribution < 1.29 is 9.53 Å². The molecule has 0 unspecified atom stereocenters. The van der Waals surface area contributed by atoms with Crippen LogP contribution in [-0.4, -0.2) is 36.6 Å². The molecule has 1 heterocycles. The van der Waals surface area contributed by atoms with Gasteiger partial charge in [-0.15, -0.1) is 0 Å². The molecular formula is C16H20N2O2. The molecule has 1 saturated heterocycles. The molecule has 20 heavy (non-hydrogen) atoms. The Labute approximate surface area is 120 Å². The third-order valence-corrected chi connectivity index (χ3v) is 3.64. The van der Waals surface area contributed by atoms with Crippen LogP contribution in [0.1, 0.15) is 30.9 Å². The van der Waals surface area contributed by atoms with Crippen molar-refractivity contribution in [3.05, 3.63) is 35.4 Å². The molecule has 1 aliphatic heterocycles. The van der Waals surface area contributed by atoms with Gasteiger partial charge in [-0.1, -0.05) is 12.1 Å². The molecule has 0 aliphatic carbocycles. The van der Waals surface area contributed by atoms with Gasteiger partial charge in [0, 0.05) is 19.7 Å². The Morgan fingerprint density at radius 3 is 2.55 bits per heavy atom. The molecule has 1 aliphatic rings. The fourth-order valence-corrected chi connectivity index (χ4v) is 2.49. The lowest BCUT2D eigenvalue weighted by molar-refractivity contribution is -0.133. The van der Waals surface area contributed by atoms with Gasteiger partial charge in [-0.2, -0.15) is 5.26 Å². The van der Waals surface area contributed by atoms with Crippen LogP contribution in [0.4, 0.5) is 0 Å². The summed E-state index contributed by atoms with van der Waals surface area (Å²) >= 11 is 0. The van der Waals surface area contributed by atoms with Crippen molar-refractivity contribution in [2.75, 3.05) is 19.7 Å². The highest BCUT2D eigenvalue weighted by molar-refractivity contribution is 5.78. The minimum atomic E-state index is 0.157. The van der Waals surface area contributed by atoms with Gasteiger partial charge in [0.05, 0.1) is 24.2 Å². The van der Waals surface area contributed by atoms with E-state index in [1.807, 2.05) is 24.0 Å². The Hall–Kier alpha value is -1.86. The number of carbonyl (C=O) groups excluding carboxylic acids is 1. The van der Waals surface area contributed by atoms with Crippen LogP contribution in [0.15, 0.2) is 24.3 Å². The van der Waals surface area contributed by atoms with Crippen LogP contribution in [0.5, 0.6) is 0 Å². The van der Waals surface area contributed by atoms with Crippen molar-refractivity contribution in [3.8, 4) is 6.07 Å². The largest absolute Gasteiger partial charge is 0.378 e. The smallest absolute Gasteiger partial charge is 0.226 e.